The number of rotatable bonds is 3. The second-order valence-electron chi connectivity index (χ2n) is 6.51. The van der Waals surface area contributed by atoms with Gasteiger partial charge in [0.2, 0.25) is 10.0 Å². The van der Waals surface area contributed by atoms with E-state index in [2.05, 4.69) is 14.9 Å². The van der Waals surface area contributed by atoms with Gasteiger partial charge in [0.05, 0.1) is 11.9 Å². The lowest BCUT2D eigenvalue weighted by atomic mass is 9.76. The molecule has 2 fully saturated rings. The van der Waals surface area contributed by atoms with E-state index in [1.54, 1.807) is 6.07 Å². The zero-order valence-corrected chi connectivity index (χ0v) is 15.5. The van der Waals surface area contributed by atoms with Crippen LogP contribution < -0.4 is 10.6 Å². The Morgan fingerprint density at radius 3 is 2.71 bits per heavy atom. The Morgan fingerprint density at radius 2 is 2.04 bits per heavy atom. The molecule has 2 saturated heterocycles. The molecule has 3 rings (SSSR count). The first-order valence-corrected chi connectivity index (χ1v) is 10.9. The number of thioether (sulfide) groups is 1. The van der Waals surface area contributed by atoms with Gasteiger partial charge >= 0.3 is 0 Å². The van der Waals surface area contributed by atoms with Crippen LogP contribution in [0.5, 0.6) is 0 Å². The van der Waals surface area contributed by atoms with E-state index in [0.29, 0.717) is 50.0 Å². The standard InChI is InChI=1S/C14H23N5O3S2/c1-23-13-16-11(15)7-12(17-13)18-5-3-14(20)4-6-19(24(2,21)22)9-10(14)8-18/h7,10,20H,3-6,8-9H2,1-2H3,(H2,15,16,17)/t10-,14-/m1/s1. The highest BCUT2D eigenvalue weighted by molar-refractivity contribution is 7.98. The van der Waals surface area contributed by atoms with Crippen molar-refractivity contribution in [2.75, 3.05) is 49.3 Å². The molecule has 8 nitrogen and oxygen atoms in total. The second kappa shape index (κ2) is 6.32. The number of hydrogen-bond donors (Lipinski definition) is 2. The van der Waals surface area contributed by atoms with Crippen molar-refractivity contribution in [3.8, 4) is 0 Å². The van der Waals surface area contributed by atoms with Crippen LogP contribution in [0.25, 0.3) is 0 Å². The number of sulfonamides is 1. The van der Waals surface area contributed by atoms with Gasteiger partial charge in [-0.15, -0.1) is 0 Å². The van der Waals surface area contributed by atoms with Gasteiger partial charge in [0.15, 0.2) is 5.16 Å². The van der Waals surface area contributed by atoms with Crippen LogP contribution >= 0.6 is 11.8 Å². The highest BCUT2D eigenvalue weighted by Gasteiger charge is 2.46. The molecule has 0 aliphatic carbocycles. The smallest absolute Gasteiger partial charge is 0.211 e. The van der Waals surface area contributed by atoms with E-state index in [4.69, 9.17) is 5.73 Å². The van der Waals surface area contributed by atoms with E-state index in [9.17, 15) is 13.5 Å². The normalized spacial score (nSPS) is 28.6. The van der Waals surface area contributed by atoms with Crippen molar-refractivity contribution in [3.63, 3.8) is 0 Å². The maximum Gasteiger partial charge on any atom is 0.211 e. The summed E-state index contributed by atoms with van der Waals surface area (Å²) in [5, 5.41) is 11.5. The number of aromatic nitrogens is 2. The summed E-state index contributed by atoms with van der Waals surface area (Å²) in [6.07, 6.45) is 4.17. The van der Waals surface area contributed by atoms with Crippen LogP contribution in [0.15, 0.2) is 11.2 Å². The average molecular weight is 374 g/mol. The summed E-state index contributed by atoms with van der Waals surface area (Å²) in [5.74, 6) is 0.987. The minimum absolute atomic E-state index is 0.149. The van der Waals surface area contributed by atoms with Gasteiger partial charge in [-0.05, 0) is 19.1 Å². The van der Waals surface area contributed by atoms with Crippen molar-refractivity contribution < 1.29 is 13.5 Å². The van der Waals surface area contributed by atoms with Gasteiger partial charge in [-0.2, -0.15) is 0 Å². The third kappa shape index (κ3) is 3.46. The van der Waals surface area contributed by atoms with Crippen molar-refractivity contribution >= 4 is 33.4 Å². The van der Waals surface area contributed by atoms with Gasteiger partial charge in [-0.1, -0.05) is 11.8 Å². The van der Waals surface area contributed by atoms with Gasteiger partial charge in [-0.3, -0.25) is 0 Å². The Hall–Kier alpha value is -1.10. The molecule has 3 heterocycles. The number of nitrogen functional groups attached to an aromatic ring is 1. The maximum absolute atomic E-state index is 11.8. The largest absolute Gasteiger partial charge is 0.389 e. The average Bonchev–Trinajstić information content (AvgIpc) is 2.52. The Morgan fingerprint density at radius 1 is 1.33 bits per heavy atom. The first kappa shape index (κ1) is 17.7. The highest BCUT2D eigenvalue weighted by Crippen LogP contribution is 2.37. The molecular weight excluding hydrogens is 350 g/mol. The van der Waals surface area contributed by atoms with E-state index in [-0.39, 0.29) is 5.92 Å². The predicted molar refractivity (Wildman–Crippen MR) is 94.5 cm³/mol. The first-order chi connectivity index (χ1) is 11.2. The third-order valence-corrected chi connectivity index (χ3v) is 6.74. The molecule has 3 N–H and O–H groups in total. The summed E-state index contributed by atoms with van der Waals surface area (Å²) < 4.78 is 25.1. The van der Waals surface area contributed by atoms with E-state index >= 15 is 0 Å². The fraction of sp³-hybridized carbons (Fsp3) is 0.714. The molecule has 2 atom stereocenters. The zero-order valence-electron chi connectivity index (χ0n) is 13.8. The maximum atomic E-state index is 11.8. The minimum atomic E-state index is -3.25. The summed E-state index contributed by atoms with van der Waals surface area (Å²) in [5.41, 5.74) is 5.04. The van der Waals surface area contributed by atoms with Gasteiger partial charge in [-0.25, -0.2) is 22.7 Å². The highest BCUT2D eigenvalue weighted by atomic mass is 32.2. The van der Waals surface area contributed by atoms with Crippen molar-refractivity contribution in [2.45, 2.75) is 23.6 Å². The quantitative estimate of drug-likeness (QED) is 0.562. The minimum Gasteiger partial charge on any atom is -0.389 e. The molecule has 2 aliphatic heterocycles. The van der Waals surface area contributed by atoms with Crippen LogP contribution in [0.1, 0.15) is 12.8 Å². The first-order valence-electron chi connectivity index (χ1n) is 7.82. The Labute approximate surface area is 146 Å². The second-order valence-corrected chi connectivity index (χ2v) is 9.26. The summed E-state index contributed by atoms with van der Waals surface area (Å²) in [6, 6.07) is 1.72. The lowest BCUT2D eigenvalue weighted by molar-refractivity contribution is -0.0688. The fourth-order valence-electron chi connectivity index (χ4n) is 3.46. The molecule has 134 valence electrons. The number of hydrogen-bond acceptors (Lipinski definition) is 8. The number of aliphatic hydroxyl groups is 1. The van der Waals surface area contributed by atoms with Crippen LogP contribution in [-0.2, 0) is 10.0 Å². The molecule has 0 bridgehead atoms. The molecule has 0 aromatic carbocycles. The molecular formula is C14H23N5O3S2. The zero-order chi connectivity index (χ0) is 17.5. The van der Waals surface area contributed by atoms with Crippen LogP contribution in [0.4, 0.5) is 11.6 Å². The number of piperidine rings is 2. The van der Waals surface area contributed by atoms with Crippen molar-refractivity contribution in [3.05, 3.63) is 6.07 Å². The van der Waals surface area contributed by atoms with Crippen LogP contribution in [-0.4, -0.2) is 72.1 Å². The number of anilines is 2. The molecule has 0 unspecified atom stereocenters. The van der Waals surface area contributed by atoms with Crippen molar-refractivity contribution in [2.24, 2.45) is 5.92 Å². The topological polar surface area (TPSA) is 113 Å². The number of nitrogens with two attached hydrogens (primary N) is 1. The molecule has 1 aromatic rings. The van der Waals surface area contributed by atoms with Crippen molar-refractivity contribution in [1.82, 2.24) is 14.3 Å². The Bertz CT molecular complexity index is 729. The SMILES string of the molecule is CSc1nc(N)cc(N2CC[C@@]3(O)CCN(S(C)(=O)=O)C[C@H]3C2)n1. The van der Waals surface area contributed by atoms with Gasteiger partial charge in [0.25, 0.3) is 0 Å². The molecule has 2 aliphatic rings. The van der Waals surface area contributed by atoms with Crippen molar-refractivity contribution in [1.29, 1.82) is 0 Å². The van der Waals surface area contributed by atoms with E-state index in [0.717, 1.165) is 5.82 Å². The van der Waals surface area contributed by atoms with E-state index in [1.165, 1.54) is 22.3 Å². The Balaban J connectivity index is 1.82. The molecule has 1 aromatic heterocycles. The van der Waals surface area contributed by atoms with E-state index in [1.807, 2.05) is 6.26 Å². The van der Waals surface area contributed by atoms with Crippen LogP contribution in [0.3, 0.4) is 0 Å². The molecule has 0 radical (unpaired) electrons. The molecule has 0 spiro atoms. The van der Waals surface area contributed by atoms with Gasteiger partial charge in [0.1, 0.15) is 11.6 Å². The van der Waals surface area contributed by atoms with E-state index < -0.39 is 15.6 Å². The molecule has 0 amide bonds. The Kier molecular flexibility index (Phi) is 4.67. The number of fused-ring (bicyclic) bond motifs is 1. The number of nitrogens with zero attached hydrogens (tertiary/aromatic N) is 4. The molecule has 24 heavy (non-hydrogen) atoms. The summed E-state index contributed by atoms with van der Waals surface area (Å²) in [4.78, 5) is 10.7. The fourth-order valence-corrected chi connectivity index (χ4v) is 4.72. The lowest BCUT2D eigenvalue weighted by Crippen LogP contribution is -2.60. The molecule has 0 saturated carbocycles. The monoisotopic (exact) mass is 373 g/mol. The predicted octanol–water partition coefficient (Wildman–Crippen LogP) is 0.00340. The van der Waals surface area contributed by atoms with Gasteiger partial charge in [0, 0.05) is 38.2 Å². The van der Waals surface area contributed by atoms with Crippen LogP contribution in [0.2, 0.25) is 0 Å². The molecule has 10 heteroatoms. The third-order valence-electron chi connectivity index (χ3n) is 4.92. The lowest BCUT2D eigenvalue weighted by Gasteiger charge is -2.49. The van der Waals surface area contributed by atoms with Crippen LogP contribution in [0, 0.1) is 5.92 Å². The summed E-state index contributed by atoms with van der Waals surface area (Å²) in [6.45, 7) is 1.92. The summed E-state index contributed by atoms with van der Waals surface area (Å²) in [7, 11) is -3.25. The van der Waals surface area contributed by atoms with Gasteiger partial charge < -0.3 is 15.7 Å². The summed E-state index contributed by atoms with van der Waals surface area (Å²) >= 11 is 1.42.